The van der Waals surface area contributed by atoms with Crippen LogP contribution in [0.1, 0.15) is 17.7 Å². The molecular weight excluding hydrogens is 332 g/mol. The van der Waals surface area contributed by atoms with E-state index in [0.717, 1.165) is 17.0 Å². The van der Waals surface area contributed by atoms with Crippen molar-refractivity contribution in [2.24, 2.45) is 5.92 Å². The molecule has 1 saturated carbocycles. The van der Waals surface area contributed by atoms with Gasteiger partial charge in [0.15, 0.2) is 0 Å². The van der Waals surface area contributed by atoms with Gasteiger partial charge >= 0.3 is 0 Å². The Morgan fingerprint density at radius 1 is 1.15 bits per heavy atom. The summed E-state index contributed by atoms with van der Waals surface area (Å²) in [6, 6.07) is 13.2. The van der Waals surface area contributed by atoms with Gasteiger partial charge in [0, 0.05) is 30.3 Å². The molecule has 2 aromatic rings. The summed E-state index contributed by atoms with van der Waals surface area (Å²) in [5.74, 6) is 1.20. The first kappa shape index (κ1) is 18.6. The van der Waals surface area contributed by atoms with Crippen LogP contribution in [0, 0.1) is 12.8 Å². The zero-order valence-electron chi connectivity index (χ0n) is 15.1. The van der Waals surface area contributed by atoms with E-state index in [1.807, 2.05) is 43.3 Å². The molecule has 1 aliphatic rings. The Kier molecular flexibility index (Phi) is 6.08. The lowest BCUT2D eigenvalue weighted by molar-refractivity contribution is 0.00171. The summed E-state index contributed by atoms with van der Waals surface area (Å²) in [6.45, 7) is 2.82. The number of aliphatic hydroxyl groups is 2. The van der Waals surface area contributed by atoms with Crippen LogP contribution in [0.3, 0.4) is 0 Å². The molecule has 6 heteroatoms. The van der Waals surface area contributed by atoms with Crippen LogP contribution in [-0.2, 0) is 6.54 Å². The van der Waals surface area contributed by atoms with E-state index in [9.17, 15) is 10.2 Å². The van der Waals surface area contributed by atoms with E-state index < -0.39 is 12.2 Å². The SMILES string of the molecule is COc1cccc(CNC2CC(COc3cccc(C)n3)C(O)C2O)c1. The van der Waals surface area contributed by atoms with E-state index in [4.69, 9.17) is 9.47 Å². The van der Waals surface area contributed by atoms with Gasteiger partial charge in [-0.25, -0.2) is 4.98 Å². The van der Waals surface area contributed by atoms with Crippen LogP contribution < -0.4 is 14.8 Å². The lowest BCUT2D eigenvalue weighted by Gasteiger charge is -2.18. The van der Waals surface area contributed by atoms with Gasteiger partial charge in [0.1, 0.15) is 5.75 Å². The molecule has 0 saturated heterocycles. The highest BCUT2D eigenvalue weighted by molar-refractivity contribution is 5.28. The second-order valence-corrected chi connectivity index (χ2v) is 6.74. The van der Waals surface area contributed by atoms with E-state index in [2.05, 4.69) is 10.3 Å². The number of methoxy groups -OCH3 is 1. The number of pyridine rings is 1. The number of hydrogen-bond donors (Lipinski definition) is 3. The monoisotopic (exact) mass is 358 g/mol. The van der Waals surface area contributed by atoms with Crippen molar-refractivity contribution in [3.05, 3.63) is 53.7 Å². The third kappa shape index (κ3) is 4.52. The molecule has 1 aromatic carbocycles. The molecule has 4 atom stereocenters. The minimum absolute atomic E-state index is 0.143. The average molecular weight is 358 g/mol. The predicted molar refractivity (Wildman–Crippen MR) is 98.2 cm³/mol. The standard InChI is InChI=1S/C20H26N2O4/c1-13-5-3-8-18(22-13)26-12-15-10-17(20(24)19(15)23)21-11-14-6-4-7-16(9-14)25-2/h3-9,15,17,19-21,23-24H,10-12H2,1-2H3. The lowest BCUT2D eigenvalue weighted by atomic mass is 10.1. The summed E-state index contributed by atoms with van der Waals surface area (Å²) in [5.41, 5.74) is 1.95. The van der Waals surface area contributed by atoms with Gasteiger partial charge in [0.2, 0.25) is 5.88 Å². The normalized spacial score (nSPS) is 25.2. The first-order chi connectivity index (χ1) is 12.6. The minimum atomic E-state index is -0.820. The molecule has 1 fully saturated rings. The Labute approximate surface area is 153 Å². The number of rotatable bonds is 7. The molecule has 3 rings (SSSR count). The van der Waals surface area contributed by atoms with Crippen molar-refractivity contribution in [1.82, 2.24) is 10.3 Å². The molecule has 26 heavy (non-hydrogen) atoms. The van der Waals surface area contributed by atoms with Crippen LogP contribution in [0.5, 0.6) is 11.6 Å². The first-order valence-corrected chi connectivity index (χ1v) is 8.85. The number of ether oxygens (including phenoxy) is 2. The van der Waals surface area contributed by atoms with E-state index >= 15 is 0 Å². The number of hydrogen-bond acceptors (Lipinski definition) is 6. The van der Waals surface area contributed by atoms with Crippen molar-refractivity contribution in [3.63, 3.8) is 0 Å². The minimum Gasteiger partial charge on any atom is -0.497 e. The fraction of sp³-hybridized carbons (Fsp3) is 0.450. The molecule has 0 radical (unpaired) electrons. The predicted octanol–water partition coefficient (Wildman–Crippen LogP) is 1.68. The Hall–Kier alpha value is -2.15. The maximum Gasteiger partial charge on any atom is 0.213 e. The maximum absolute atomic E-state index is 10.3. The van der Waals surface area contributed by atoms with Crippen molar-refractivity contribution >= 4 is 0 Å². The number of benzene rings is 1. The lowest BCUT2D eigenvalue weighted by Crippen LogP contribution is -2.39. The third-order valence-corrected chi connectivity index (χ3v) is 4.81. The highest BCUT2D eigenvalue weighted by Gasteiger charge is 2.41. The van der Waals surface area contributed by atoms with E-state index in [1.165, 1.54) is 0 Å². The maximum atomic E-state index is 10.3. The van der Waals surface area contributed by atoms with Crippen LogP contribution in [0.4, 0.5) is 0 Å². The largest absolute Gasteiger partial charge is 0.497 e. The Morgan fingerprint density at radius 2 is 1.96 bits per heavy atom. The Morgan fingerprint density at radius 3 is 2.73 bits per heavy atom. The van der Waals surface area contributed by atoms with Crippen LogP contribution in [-0.4, -0.2) is 47.2 Å². The highest BCUT2D eigenvalue weighted by Crippen LogP contribution is 2.28. The summed E-state index contributed by atoms with van der Waals surface area (Å²) in [6.07, 6.45) is -1.000. The molecule has 0 amide bonds. The van der Waals surface area contributed by atoms with Gasteiger partial charge in [-0.1, -0.05) is 18.2 Å². The van der Waals surface area contributed by atoms with Gasteiger partial charge < -0.3 is 25.0 Å². The molecule has 1 aromatic heterocycles. The van der Waals surface area contributed by atoms with Crippen LogP contribution in [0.25, 0.3) is 0 Å². The van der Waals surface area contributed by atoms with Crippen LogP contribution in [0.15, 0.2) is 42.5 Å². The highest BCUT2D eigenvalue weighted by atomic mass is 16.5. The molecule has 1 aliphatic carbocycles. The summed E-state index contributed by atoms with van der Waals surface area (Å²) in [5, 5.41) is 24.0. The molecule has 0 bridgehead atoms. The topological polar surface area (TPSA) is 83.8 Å². The smallest absolute Gasteiger partial charge is 0.213 e. The van der Waals surface area contributed by atoms with E-state index in [1.54, 1.807) is 13.2 Å². The van der Waals surface area contributed by atoms with Crippen LogP contribution >= 0.6 is 0 Å². The molecular formula is C20H26N2O4. The van der Waals surface area contributed by atoms with Crippen molar-refractivity contribution in [2.75, 3.05) is 13.7 Å². The summed E-state index contributed by atoms with van der Waals surface area (Å²) < 4.78 is 10.9. The molecule has 0 aliphatic heterocycles. The van der Waals surface area contributed by atoms with Crippen molar-refractivity contribution in [3.8, 4) is 11.6 Å². The Bertz CT molecular complexity index is 724. The van der Waals surface area contributed by atoms with Crippen molar-refractivity contribution in [1.29, 1.82) is 0 Å². The quantitative estimate of drug-likeness (QED) is 0.698. The molecule has 1 heterocycles. The molecule has 140 valence electrons. The van der Waals surface area contributed by atoms with Gasteiger partial charge in [-0.05, 0) is 37.1 Å². The number of aromatic nitrogens is 1. The van der Waals surface area contributed by atoms with Gasteiger partial charge in [0.25, 0.3) is 0 Å². The number of aliphatic hydroxyl groups excluding tert-OH is 2. The third-order valence-electron chi connectivity index (χ3n) is 4.81. The van der Waals surface area contributed by atoms with Gasteiger partial charge in [-0.2, -0.15) is 0 Å². The molecule has 4 unspecified atom stereocenters. The molecule has 6 nitrogen and oxygen atoms in total. The van der Waals surface area contributed by atoms with Crippen LogP contribution in [0.2, 0.25) is 0 Å². The van der Waals surface area contributed by atoms with Crippen molar-refractivity contribution < 1.29 is 19.7 Å². The number of nitrogens with one attached hydrogen (secondary N) is 1. The zero-order chi connectivity index (χ0) is 18.5. The van der Waals surface area contributed by atoms with E-state index in [-0.39, 0.29) is 12.0 Å². The number of nitrogens with zero attached hydrogens (tertiary/aromatic N) is 1. The van der Waals surface area contributed by atoms with Gasteiger partial charge in [0.05, 0.1) is 25.9 Å². The summed E-state index contributed by atoms with van der Waals surface area (Å²) >= 11 is 0. The average Bonchev–Trinajstić information content (AvgIpc) is 2.93. The summed E-state index contributed by atoms with van der Waals surface area (Å²) in [7, 11) is 1.64. The van der Waals surface area contributed by atoms with Gasteiger partial charge in [-0.15, -0.1) is 0 Å². The van der Waals surface area contributed by atoms with Gasteiger partial charge in [-0.3, -0.25) is 0 Å². The fourth-order valence-electron chi connectivity index (χ4n) is 3.31. The summed E-state index contributed by atoms with van der Waals surface area (Å²) in [4.78, 5) is 4.30. The molecule has 3 N–H and O–H groups in total. The second-order valence-electron chi connectivity index (χ2n) is 6.74. The Balaban J connectivity index is 1.53. The molecule has 0 spiro atoms. The zero-order valence-corrected chi connectivity index (χ0v) is 15.1. The fourth-order valence-corrected chi connectivity index (χ4v) is 3.31. The van der Waals surface area contributed by atoms with E-state index in [0.29, 0.717) is 25.5 Å². The number of aryl methyl sites for hydroxylation is 1. The first-order valence-electron chi connectivity index (χ1n) is 8.85. The van der Waals surface area contributed by atoms with Crippen molar-refractivity contribution in [2.45, 2.75) is 38.1 Å². The second kappa shape index (κ2) is 8.49.